The molecule has 0 atom stereocenters. The molecular weight excluding hydrogens is 256 g/mol. The zero-order valence-corrected chi connectivity index (χ0v) is 10.4. The van der Waals surface area contributed by atoms with Gasteiger partial charge in [-0.15, -0.1) is 0 Å². The van der Waals surface area contributed by atoms with E-state index in [0.717, 1.165) is 22.5 Å². The van der Waals surface area contributed by atoms with Gasteiger partial charge in [-0.1, -0.05) is 6.42 Å². The quantitative estimate of drug-likeness (QED) is 0.920. The maximum atomic E-state index is 5.65. The third kappa shape index (κ3) is 2.83. The van der Waals surface area contributed by atoms with Crippen molar-refractivity contribution in [3.8, 4) is 0 Å². The van der Waals surface area contributed by atoms with Gasteiger partial charge in [0.25, 0.3) is 0 Å². The summed E-state index contributed by atoms with van der Waals surface area (Å²) in [6.45, 7) is 3.76. The molecule has 1 aliphatic heterocycles. The van der Waals surface area contributed by atoms with Gasteiger partial charge in [-0.3, -0.25) is 4.90 Å². The fourth-order valence-corrected chi connectivity index (χ4v) is 2.51. The summed E-state index contributed by atoms with van der Waals surface area (Å²) < 4.78 is 6.65. The standard InChI is InChI=1S/C11H17BrN2O/c12-10-6-9(15-11(10)7-13)8-14-4-2-1-3-5-14/h6H,1-5,7-8,13H2. The smallest absolute Gasteiger partial charge is 0.131 e. The molecule has 0 saturated carbocycles. The number of likely N-dealkylation sites (tertiary alicyclic amines) is 1. The van der Waals surface area contributed by atoms with Crippen LogP contribution in [0.15, 0.2) is 15.0 Å². The third-order valence-electron chi connectivity index (χ3n) is 2.82. The van der Waals surface area contributed by atoms with Crippen LogP contribution >= 0.6 is 15.9 Å². The van der Waals surface area contributed by atoms with Gasteiger partial charge < -0.3 is 10.2 Å². The van der Waals surface area contributed by atoms with E-state index in [1.165, 1.54) is 32.4 Å². The van der Waals surface area contributed by atoms with Gasteiger partial charge in [0.1, 0.15) is 11.5 Å². The van der Waals surface area contributed by atoms with Gasteiger partial charge in [-0.25, -0.2) is 0 Å². The van der Waals surface area contributed by atoms with Crippen LogP contribution < -0.4 is 5.73 Å². The summed E-state index contributed by atoms with van der Waals surface area (Å²) >= 11 is 3.45. The van der Waals surface area contributed by atoms with E-state index in [4.69, 9.17) is 10.2 Å². The summed E-state index contributed by atoms with van der Waals surface area (Å²) in [5.41, 5.74) is 5.56. The summed E-state index contributed by atoms with van der Waals surface area (Å²) in [6, 6.07) is 2.04. The Labute approximate surface area is 98.7 Å². The number of nitrogens with zero attached hydrogens (tertiary/aromatic N) is 1. The first-order valence-electron chi connectivity index (χ1n) is 5.49. The summed E-state index contributed by atoms with van der Waals surface area (Å²) in [5.74, 6) is 1.87. The average Bonchev–Trinajstić information content (AvgIpc) is 2.60. The van der Waals surface area contributed by atoms with Crippen LogP contribution in [-0.2, 0) is 13.1 Å². The molecule has 2 rings (SSSR count). The first-order valence-corrected chi connectivity index (χ1v) is 6.28. The number of piperidine rings is 1. The fourth-order valence-electron chi connectivity index (χ4n) is 2.01. The molecule has 4 heteroatoms. The van der Waals surface area contributed by atoms with Gasteiger partial charge in [-0.05, 0) is 47.9 Å². The Hall–Kier alpha value is -0.320. The molecule has 0 radical (unpaired) electrons. The Bertz CT molecular complexity index is 318. The van der Waals surface area contributed by atoms with Crippen molar-refractivity contribution in [1.82, 2.24) is 4.90 Å². The highest BCUT2D eigenvalue weighted by molar-refractivity contribution is 9.10. The largest absolute Gasteiger partial charge is 0.462 e. The lowest BCUT2D eigenvalue weighted by atomic mass is 10.1. The van der Waals surface area contributed by atoms with Crippen molar-refractivity contribution in [2.75, 3.05) is 13.1 Å². The molecule has 0 spiro atoms. The summed E-state index contributed by atoms with van der Waals surface area (Å²) in [6.07, 6.45) is 3.99. The van der Waals surface area contributed by atoms with E-state index in [1.807, 2.05) is 6.07 Å². The topological polar surface area (TPSA) is 42.4 Å². The molecule has 3 nitrogen and oxygen atoms in total. The summed E-state index contributed by atoms with van der Waals surface area (Å²) in [5, 5.41) is 0. The van der Waals surface area contributed by atoms with E-state index >= 15 is 0 Å². The second kappa shape index (κ2) is 5.14. The highest BCUT2D eigenvalue weighted by atomic mass is 79.9. The van der Waals surface area contributed by atoms with E-state index in [2.05, 4.69) is 20.8 Å². The van der Waals surface area contributed by atoms with Crippen molar-refractivity contribution >= 4 is 15.9 Å². The van der Waals surface area contributed by atoms with Gasteiger partial charge in [0.2, 0.25) is 0 Å². The van der Waals surface area contributed by atoms with Crippen LogP contribution in [0.2, 0.25) is 0 Å². The maximum absolute atomic E-state index is 5.65. The van der Waals surface area contributed by atoms with Crippen LogP contribution in [0, 0.1) is 0 Å². The molecule has 1 aromatic rings. The highest BCUT2D eigenvalue weighted by Crippen LogP contribution is 2.23. The van der Waals surface area contributed by atoms with Crippen molar-refractivity contribution < 1.29 is 4.42 Å². The minimum atomic E-state index is 0.459. The molecule has 2 heterocycles. The van der Waals surface area contributed by atoms with Crippen molar-refractivity contribution in [1.29, 1.82) is 0 Å². The minimum Gasteiger partial charge on any atom is -0.462 e. The monoisotopic (exact) mass is 272 g/mol. The first kappa shape index (κ1) is 11.2. The molecule has 0 amide bonds. The van der Waals surface area contributed by atoms with Gasteiger partial charge in [0, 0.05) is 0 Å². The van der Waals surface area contributed by atoms with Gasteiger partial charge in [-0.2, -0.15) is 0 Å². The SMILES string of the molecule is NCc1oc(CN2CCCCC2)cc1Br. The molecule has 0 aliphatic carbocycles. The van der Waals surface area contributed by atoms with Crippen LogP contribution in [0.4, 0.5) is 0 Å². The molecule has 2 N–H and O–H groups in total. The third-order valence-corrected chi connectivity index (χ3v) is 3.49. The van der Waals surface area contributed by atoms with Crippen molar-refractivity contribution in [2.45, 2.75) is 32.4 Å². The Kier molecular flexibility index (Phi) is 3.83. The van der Waals surface area contributed by atoms with Crippen LogP contribution in [0.1, 0.15) is 30.8 Å². The number of halogens is 1. The molecule has 1 aliphatic rings. The predicted molar refractivity (Wildman–Crippen MR) is 63.4 cm³/mol. The Morgan fingerprint density at radius 2 is 2.07 bits per heavy atom. The van der Waals surface area contributed by atoms with Crippen molar-refractivity contribution in [3.05, 3.63) is 22.1 Å². The summed E-state index contributed by atoms with van der Waals surface area (Å²) in [7, 11) is 0. The molecule has 84 valence electrons. The molecule has 0 unspecified atom stereocenters. The lowest BCUT2D eigenvalue weighted by molar-refractivity contribution is 0.203. The van der Waals surface area contributed by atoms with E-state index in [1.54, 1.807) is 0 Å². The van der Waals surface area contributed by atoms with Gasteiger partial charge >= 0.3 is 0 Å². The lowest BCUT2D eigenvalue weighted by Crippen LogP contribution is -2.28. The van der Waals surface area contributed by atoms with Crippen LogP contribution in [0.3, 0.4) is 0 Å². The molecule has 0 aromatic carbocycles. The van der Waals surface area contributed by atoms with Crippen LogP contribution in [-0.4, -0.2) is 18.0 Å². The number of hydrogen-bond acceptors (Lipinski definition) is 3. The molecule has 15 heavy (non-hydrogen) atoms. The molecule has 1 saturated heterocycles. The predicted octanol–water partition coefficient (Wildman–Crippen LogP) is 2.49. The van der Waals surface area contributed by atoms with E-state index in [9.17, 15) is 0 Å². The molecular formula is C11H17BrN2O. The average molecular weight is 273 g/mol. The van der Waals surface area contributed by atoms with Gasteiger partial charge in [0.05, 0.1) is 17.6 Å². The van der Waals surface area contributed by atoms with Gasteiger partial charge in [0.15, 0.2) is 0 Å². The summed E-state index contributed by atoms with van der Waals surface area (Å²) in [4.78, 5) is 2.44. The second-order valence-electron chi connectivity index (χ2n) is 4.02. The maximum Gasteiger partial charge on any atom is 0.131 e. The van der Waals surface area contributed by atoms with Crippen molar-refractivity contribution in [2.24, 2.45) is 5.73 Å². The van der Waals surface area contributed by atoms with E-state index < -0.39 is 0 Å². The highest BCUT2D eigenvalue weighted by Gasteiger charge is 2.14. The number of furan rings is 1. The van der Waals surface area contributed by atoms with E-state index in [-0.39, 0.29) is 0 Å². The lowest BCUT2D eigenvalue weighted by Gasteiger charge is -2.25. The second-order valence-corrected chi connectivity index (χ2v) is 4.88. The minimum absolute atomic E-state index is 0.459. The Morgan fingerprint density at radius 3 is 2.67 bits per heavy atom. The number of hydrogen-bond donors (Lipinski definition) is 1. The number of rotatable bonds is 3. The number of nitrogens with two attached hydrogens (primary N) is 1. The normalized spacial score (nSPS) is 18.3. The molecule has 0 bridgehead atoms. The Balaban J connectivity index is 1.97. The van der Waals surface area contributed by atoms with E-state index in [0.29, 0.717) is 6.54 Å². The Morgan fingerprint density at radius 1 is 1.33 bits per heavy atom. The van der Waals surface area contributed by atoms with Crippen LogP contribution in [0.5, 0.6) is 0 Å². The fraction of sp³-hybridized carbons (Fsp3) is 0.636. The zero-order chi connectivity index (χ0) is 10.7. The van der Waals surface area contributed by atoms with Crippen molar-refractivity contribution in [3.63, 3.8) is 0 Å². The molecule has 1 fully saturated rings. The molecule has 1 aromatic heterocycles. The first-order chi connectivity index (χ1) is 7.29. The zero-order valence-electron chi connectivity index (χ0n) is 8.84. The van der Waals surface area contributed by atoms with Crippen LogP contribution in [0.25, 0.3) is 0 Å².